The lowest BCUT2D eigenvalue weighted by Gasteiger charge is -2.40. The second-order valence-corrected chi connectivity index (χ2v) is 5.02. The van der Waals surface area contributed by atoms with E-state index in [-0.39, 0.29) is 0 Å². The Kier molecular flexibility index (Phi) is 2.06. The third kappa shape index (κ3) is 1.24. The number of fused-ring (bicyclic) bond motifs is 2. The Labute approximate surface area is 91.1 Å². The van der Waals surface area contributed by atoms with Crippen LogP contribution in [0.1, 0.15) is 31.0 Å². The van der Waals surface area contributed by atoms with E-state index in [1.807, 2.05) is 6.20 Å². The van der Waals surface area contributed by atoms with Gasteiger partial charge in [-0.25, -0.2) is 0 Å². The van der Waals surface area contributed by atoms with Crippen LogP contribution < -0.4 is 5.32 Å². The van der Waals surface area contributed by atoms with Crippen LogP contribution in [0.4, 0.5) is 0 Å². The predicted octanol–water partition coefficient (Wildman–Crippen LogP) is 1.89. The molecule has 0 amide bonds. The first-order chi connectivity index (χ1) is 7.33. The first-order valence-corrected chi connectivity index (χ1v) is 5.98. The third-order valence-electron chi connectivity index (χ3n) is 4.37. The van der Waals surface area contributed by atoms with Crippen LogP contribution in [0.2, 0.25) is 0 Å². The van der Waals surface area contributed by atoms with E-state index in [4.69, 9.17) is 0 Å². The van der Waals surface area contributed by atoms with Gasteiger partial charge in [0.25, 0.3) is 0 Å². The normalized spacial score (nSPS) is 34.3. The van der Waals surface area contributed by atoms with Gasteiger partial charge in [-0.1, -0.05) is 13.0 Å². The molecule has 0 saturated carbocycles. The standard InChI is InChI=1S/C13H18N2/c1-10-4-5-12-11(3-2-7-15-12)13(10)6-8-14-9-13/h2-3,7,10,14H,4-6,8-9H2,1H3. The van der Waals surface area contributed by atoms with Crippen molar-refractivity contribution >= 4 is 0 Å². The Bertz CT molecular complexity index is 367. The number of rotatable bonds is 0. The van der Waals surface area contributed by atoms with Gasteiger partial charge >= 0.3 is 0 Å². The molecular formula is C13H18N2. The van der Waals surface area contributed by atoms with Crippen LogP contribution in [0.25, 0.3) is 0 Å². The van der Waals surface area contributed by atoms with E-state index in [0.717, 1.165) is 12.5 Å². The highest BCUT2D eigenvalue weighted by atomic mass is 14.9. The van der Waals surface area contributed by atoms with Gasteiger partial charge in [-0.15, -0.1) is 0 Å². The molecule has 1 spiro atoms. The topological polar surface area (TPSA) is 24.9 Å². The van der Waals surface area contributed by atoms with Gasteiger partial charge in [0.1, 0.15) is 0 Å². The minimum atomic E-state index is 0.391. The van der Waals surface area contributed by atoms with E-state index in [1.54, 1.807) is 0 Å². The molecule has 3 rings (SSSR count). The quantitative estimate of drug-likeness (QED) is 0.695. The van der Waals surface area contributed by atoms with E-state index in [2.05, 4.69) is 29.4 Å². The van der Waals surface area contributed by atoms with E-state index in [9.17, 15) is 0 Å². The summed E-state index contributed by atoms with van der Waals surface area (Å²) in [7, 11) is 0. The zero-order valence-corrected chi connectivity index (χ0v) is 9.29. The van der Waals surface area contributed by atoms with Crippen LogP contribution in [0.3, 0.4) is 0 Å². The number of aryl methyl sites for hydroxylation is 1. The molecule has 1 aromatic heterocycles. The molecule has 1 aromatic rings. The van der Waals surface area contributed by atoms with E-state index >= 15 is 0 Å². The maximum absolute atomic E-state index is 4.54. The summed E-state index contributed by atoms with van der Waals surface area (Å²) in [6, 6.07) is 4.39. The summed E-state index contributed by atoms with van der Waals surface area (Å²) in [6.45, 7) is 4.72. The Morgan fingerprint density at radius 2 is 2.47 bits per heavy atom. The van der Waals surface area contributed by atoms with Crippen molar-refractivity contribution in [3.05, 3.63) is 29.6 Å². The minimum absolute atomic E-state index is 0.391. The fourth-order valence-electron chi connectivity index (χ4n) is 3.35. The number of nitrogens with one attached hydrogen (secondary N) is 1. The Balaban J connectivity index is 2.13. The van der Waals surface area contributed by atoms with Crippen molar-refractivity contribution in [2.75, 3.05) is 13.1 Å². The summed E-state index contributed by atoms with van der Waals surface area (Å²) >= 11 is 0. The average molecular weight is 202 g/mol. The Morgan fingerprint density at radius 3 is 3.27 bits per heavy atom. The molecule has 2 unspecified atom stereocenters. The predicted molar refractivity (Wildman–Crippen MR) is 60.9 cm³/mol. The van der Waals surface area contributed by atoms with Gasteiger partial charge in [0.15, 0.2) is 0 Å². The van der Waals surface area contributed by atoms with Crippen molar-refractivity contribution in [1.82, 2.24) is 10.3 Å². The Morgan fingerprint density at radius 1 is 1.53 bits per heavy atom. The van der Waals surface area contributed by atoms with Crippen LogP contribution in [0.15, 0.2) is 18.3 Å². The van der Waals surface area contributed by atoms with E-state index < -0.39 is 0 Å². The highest BCUT2D eigenvalue weighted by Crippen LogP contribution is 2.44. The molecule has 2 nitrogen and oxygen atoms in total. The fourth-order valence-corrected chi connectivity index (χ4v) is 3.35. The van der Waals surface area contributed by atoms with Crippen LogP contribution in [-0.2, 0) is 11.8 Å². The molecular weight excluding hydrogens is 184 g/mol. The molecule has 2 atom stereocenters. The van der Waals surface area contributed by atoms with E-state index in [0.29, 0.717) is 5.41 Å². The van der Waals surface area contributed by atoms with Crippen LogP contribution in [-0.4, -0.2) is 18.1 Å². The molecule has 0 radical (unpaired) electrons. The average Bonchev–Trinajstić information content (AvgIpc) is 2.75. The van der Waals surface area contributed by atoms with Crippen molar-refractivity contribution in [2.45, 2.75) is 31.6 Å². The number of aromatic nitrogens is 1. The summed E-state index contributed by atoms with van der Waals surface area (Å²) in [5.41, 5.74) is 3.26. The maximum atomic E-state index is 4.54. The van der Waals surface area contributed by atoms with Crippen LogP contribution in [0, 0.1) is 5.92 Å². The summed E-state index contributed by atoms with van der Waals surface area (Å²) in [5, 5.41) is 3.53. The van der Waals surface area contributed by atoms with Gasteiger partial charge in [-0.05, 0) is 43.4 Å². The second-order valence-electron chi connectivity index (χ2n) is 5.02. The molecule has 2 aliphatic rings. The molecule has 2 heteroatoms. The van der Waals surface area contributed by atoms with Crippen LogP contribution in [0.5, 0.6) is 0 Å². The monoisotopic (exact) mass is 202 g/mol. The van der Waals surface area contributed by atoms with Gasteiger partial charge in [0.2, 0.25) is 0 Å². The summed E-state index contributed by atoms with van der Waals surface area (Å²) in [5.74, 6) is 0.796. The highest BCUT2D eigenvalue weighted by molar-refractivity contribution is 5.35. The molecule has 2 heterocycles. The fraction of sp³-hybridized carbons (Fsp3) is 0.615. The molecule has 1 saturated heterocycles. The van der Waals surface area contributed by atoms with Gasteiger partial charge in [-0.2, -0.15) is 0 Å². The van der Waals surface area contributed by atoms with Crippen molar-refractivity contribution in [3.8, 4) is 0 Å². The number of hydrogen-bond donors (Lipinski definition) is 1. The number of hydrogen-bond acceptors (Lipinski definition) is 2. The number of pyridine rings is 1. The highest BCUT2D eigenvalue weighted by Gasteiger charge is 2.44. The van der Waals surface area contributed by atoms with Crippen molar-refractivity contribution < 1.29 is 0 Å². The molecule has 0 bridgehead atoms. The zero-order chi connectivity index (χ0) is 10.3. The van der Waals surface area contributed by atoms with Gasteiger partial charge in [-0.3, -0.25) is 4.98 Å². The molecule has 1 aliphatic heterocycles. The van der Waals surface area contributed by atoms with Crippen molar-refractivity contribution in [3.63, 3.8) is 0 Å². The molecule has 1 aliphatic carbocycles. The van der Waals surface area contributed by atoms with Crippen molar-refractivity contribution in [2.24, 2.45) is 5.92 Å². The minimum Gasteiger partial charge on any atom is -0.316 e. The first-order valence-electron chi connectivity index (χ1n) is 5.98. The smallest absolute Gasteiger partial charge is 0.0441 e. The second kappa shape index (κ2) is 3.31. The lowest BCUT2D eigenvalue weighted by molar-refractivity contribution is 0.272. The molecule has 1 fully saturated rings. The molecule has 1 N–H and O–H groups in total. The van der Waals surface area contributed by atoms with Gasteiger partial charge < -0.3 is 5.32 Å². The van der Waals surface area contributed by atoms with E-state index in [1.165, 1.54) is 37.1 Å². The largest absolute Gasteiger partial charge is 0.316 e. The van der Waals surface area contributed by atoms with Gasteiger partial charge in [0.05, 0.1) is 0 Å². The summed E-state index contributed by atoms with van der Waals surface area (Å²) in [4.78, 5) is 4.54. The van der Waals surface area contributed by atoms with Gasteiger partial charge in [0, 0.05) is 23.9 Å². The number of nitrogens with zero attached hydrogens (tertiary/aromatic N) is 1. The van der Waals surface area contributed by atoms with Crippen molar-refractivity contribution in [1.29, 1.82) is 0 Å². The maximum Gasteiger partial charge on any atom is 0.0441 e. The lowest BCUT2D eigenvalue weighted by atomic mass is 9.64. The lowest BCUT2D eigenvalue weighted by Crippen LogP contribution is -2.40. The summed E-state index contributed by atoms with van der Waals surface area (Å²) in [6.07, 6.45) is 5.68. The molecule has 80 valence electrons. The molecule has 0 aromatic carbocycles. The van der Waals surface area contributed by atoms with Crippen LogP contribution >= 0.6 is 0 Å². The summed E-state index contributed by atoms with van der Waals surface area (Å²) < 4.78 is 0. The SMILES string of the molecule is CC1CCc2ncccc2C12CCNC2. The zero-order valence-electron chi connectivity index (χ0n) is 9.29. The molecule has 15 heavy (non-hydrogen) atoms. The third-order valence-corrected chi connectivity index (χ3v) is 4.37. The Hall–Kier alpha value is -0.890. The first kappa shape index (κ1) is 9.34.